The smallest absolute Gasteiger partial charge is 0.251 e. The van der Waals surface area contributed by atoms with Crippen LogP contribution in [0.15, 0.2) is 42.5 Å². The van der Waals surface area contributed by atoms with Gasteiger partial charge in [-0.1, -0.05) is 12.1 Å². The zero-order valence-electron chi connectivity index (χ0n) is 17.3. The summed E-state index contributed by atoms with van der Waals surface area (Å²) < 4.78 is 43.6. The number of halogens is 1. The second-order valence-electron chi connectivity index (χ2n) is 7.97. The van der Waals surface area contributed by atoms with Crippen molar-refractivity contribution in [3.8, 4) is 0 Å². The molecule has 3 N–H and O–H groups in total. The number of amides is 2. The van der Waals surface area contributed by atoms with Gasteiger partial charge in [0.1, 0.15) is 11.9 Å². The van der Waals surface area contributed by atoms with E-state index in [1.807, 2.05) is 0 Å². The molecule has 0 aromatic heterocycles. The molecule has 2 aromatic carbocycles. The molecule has 2 atom stereocenters. The lowest BCUT2D eigenvalue weighted by Crippen LogP contribution is -2.43. The van der Waals surface area contributed by atoms with Gasteiger partial charge in [0.15, 0.2) is 9.84 Å². The third-order valence-corrected chi connectivity index (χ3v) is 7.03. The Morgan fingerprint density at radius 3 is 2.66 bits per heavy atom. The van der Waals surface area contributed by atoms with Gasteiger partial charge in [0.25, 0.3) is 5.91 Å². The molecule has 2 heterocycles. The van der Waals surface area contributed by atoms with E-state index in [1.54, 1.807) is 18.2 Å². The first kappa shape index (κ1) is 22.2. The van der Waals surface area contributed by atoms with Crippen LogP contribution >= 0.6 is 0 Å². The Kier molecular flexibility index (Phi) is 6.43. The molecule has 0 unspecified atom stereocenters. The predicted molar refractivity (Wildman–Crippen MR) is 118 cm³/mol. The van der Waals surface area contributed by atoms with Crippen LogP contribution in [0.5, 0.6) is 0 Å². The summed E-state index contributed by atoms with van der Waals surface area (Å²) in [6.45, 7) is 1.13. The number of hydrogen-bond donors (Lipinski definition) is 3. The Morgan fingerprint density at radius 2 is 1.94 bits per heavy atom. The Bertz CT molecular complexity index is 1110. The fraction of sp³-hybridized carbons (Fsp3) is 0.364. The molecule has 2 amide bonds. The summed E-state index contributed by atoms with van der Waals surface area (Å²) in [6, 6.07) is 9.01. The molecule has 0 spiro atoms. The maximum atomic E-state index is 13.0. The summed E-state index contributed by atoms with van der Waals surface area (Å²) in [4.78, 5) is 24.9. The molecule has 1 fully saturated rings. The van der Waals surface area contributed by atoms with E-state index in [1.165, 1.54) is 24.3 Å². The van der Waals surface area contributed by atoms with E-state index in [-0.39, 0.29) is 17.8 Å². The van der Waals surface area contributed by atoms with Crippen LogP contribution in [0.3, 0.4) is 0 Å². The lowest BCUT2D eigenvalue weighted by Gasteiger charge is -2.27. The van der Waals surface area contributed by atoms with Crippen molar-refractivity contribution in [2.24, 2.45) is 0 Å². The number of ether oxygens (including phenoxy) is 1. The Hall–Kier alpha value is -2.98. The average Bonchev–Trinajstić information content (AvgIpc) is 3.27. The van der Waals surface area contributed by atoms with Crippen LogP contribution in [0, 0.1) is 5.82 Å². The molecule has 10 heteroatoms. The van der Waals surface area contributed by atoms with Crippen LogP contribution < -0.4 is 16.0 Å². The molecule has 2 aliphatic rings. The SMILES string of the molecule is O=C(NC[C@H]1CCCO1)c1ccc2c(c1)NC(=O)[C@H](CS(=O)(=O)Cc1ccc(F)cc1)N2. The van der Waals surface area contributed by atoms with Gasteiger partial charge in [0, 0.05) is 18.7 Å². The Balaban J connectivity index is 1.39. The number of carbonyl (C=O) groups is 2. The van der Waals surface area contributed by atoms with E-state index in [2.05, 4.69) is 16.0 Å². The maximum Gasteiger partial charge on any atom is 0.251 e. The van der Waals surface area contributed by atoms with E-state index < -0.39 is 33.4 Å². The number of fused-ring (bicyclic) bond motifs is 1. The summed E-state index contributed by atoms with van der Waals surface area (Å²) in [5, 5.41) is 8.44. The van der Waals surface area contributed by atoms with Gasteiger partial charge in [-0.05, 0) is 48.7 Å². The maximum absolute atomic E-state index is 13.0. The first-order valence-corrected chi connectivity index (χ1v) is 12.2. The molecule has 2 aromatic rings. The fourth-order valence-electron chi connectivity index (χ4n) is 3.77. The molecule has 0 radical (unpaired) electrons. The summed E-state index contributed by atoms with van der Waals surface area (Å²) in [7, 11) is -3.64. The standard InChI is InChI=1S/C22H24FN3O5S/c23-16-6-3-14(4-7-16)12-32(29,30)13-20-22(28)26-19-10-15(5-8-18(19)25-20)21(27)24-11-17-2-1-9-31-17/h3-8,10,17,20,25H,1-2,9,11-13H2,(H,24,27)(H,26,28)/t17-,20+/m1/s1. The zero-order valence-corrected chi connectivity index (χ0v) is 18.1. The van der Waals surface area contributed by atoms with Gasteiger partial charge < -0.3 is 20.7 Å². The van der Waals surface area contributed by atoms with E-state index in [0.717, 1.165) is 12.8 Å². The highest BCUT2D eigenvalue weighted by Gasteiger charge is 2.30. The molecule has 4 rings (SSSR count). The van der Waals surface area contributed by atoms with E-state index in [0.29, 0.717) is 35.7 Å². The van der Waals surface area contributed by atoms with Gasteiger partial charge in [-0.2, -0.15) is 0 Å². The van der Waals surface area contributed by atoms with Crippen LogP contribution in [0.25, 0.3) is 0 Å². The van der Waals surface area contributed by atoms with Crippen molar-refractivity contribution >= 4 is 33.0 Å². The Morgan fingerprint density at radius 1 is 1.16 bits per heavy atom. The number of benzene rings is 2. The summed E-state index contributed by atoms with van der Waals surface area (Å²) in [6.07, 6.45) is 1.92. The molecular formula is C22H24FN3O5S. The molecule has 2 aliphatic heterocycles. The average molecular weight is 462 g/mol. The van der Waals surface area contributed by atoms with Crippen LogP contribution in [0.4, 0.5) is 15.8 Å². The molecule has 8 nitrogen and oxygen atoms in total. The normalized spacial score (nSPS) is 20.2. The minimum atomic E-state index is -3.64. The number of hydrogen-bond acceptors (Lipinski definition) is 6. The summed E-state index contributed by atoms with van der Waals surface area (Å²) in [5.74, 6) is -1.94. The van der Waals surface area contributed by atoms with Crippen molar-refractivity contribution in [2.45, 2.75) is 30.7 Å². The van der Waals surface area contributed by atoms with Crippen LogP contribution in [-0.4, -0.2) is 51.3 Å². The van der Waals surface area contributed by atoms with Gasteiger partial charge in [-0.25, -0.2) is 12.8 Å². The number of rotatable bonds is 7. The molecule has 0 saturated carbocycles. The van der Waals surface area contributed by atoms with Crippen molar-refractivity contribution in [1.29, 1.82) is 0 Å². The number of sulfone groups is 1. The van der Waals surface area contributed by atoms with Crippen molar-refractivity contribution in [3.05, 3.63) is 59.4 Å². The van der Waals surface area contributed by atoms with Crippen molar-refractivity contribution in [1.82, 2.24) is 5.32 Å². The molecule has 0 aliphatic carbocycles. The highest BCUT2D eigenvalue weighted by molar-refractivity contribution is 7.90. The monoisotopic (exact) mass is 461 g/mol. The highest BCUT2D eigenvalue weighted by Crippen LogP contribution is 2.28. The molecular weight excluding hydrogens is 437 g/mol. The topological polar surface area (TPSA) is 114 Å². The molecule has 170 valence electrons. The lowest BCUT2D eigenvalue weighted by atomic mass is 10.1. The van der Waals surface area contributed by atoms with Gasteiger partial charge in [0.2, 0.25) is 5.91 Å². The molecule has 1 saturated heterocycles. The minimum Gasteiger partial charge on any atom is -0.376 e. The van der Waals surface area contributed by atoms with E-state index >= 15 is 0 Å². The van der Waals surface area contributed by atoms with Gasteiger partial charge in [0.05, 0.1) is 29.0 Å². The third kappa shape index (κ3) is 5.43. The first-order valence-electron chi connectivity index (χ1n) is 10.4. The number of nitrogens with one attached hydrogen (secondary N) is 3. The van der Waals surface area contributed by atoms with Gasteiger partial charge in [-0.3, -0.25) is 9.59 Å². The van der Waals surface area contributed by atoms with Crippen LogP contribution in [0.2, 0.25) is 0 Å². The second kappa shape index (κ2) is 9.25. The highest BCUT2D eigenvalue weighted by atomic mass is 32.2. The van der Waals surface area contributed by atoms with Crippen LogP contribution in [-0.2, 0) is 25.1 Å². The van der Waals surface area contributed by atoms with Crippen molar-refractivity contribution in [2.75, 3.05) is 29.5 Å². The third-order valence-electron chi connectivity index (χ3n) is 5.42. The number of anilines is 2. The summed E-state index contributed by atoms with van der Waals surface area (Å²) >= 11 is 0. The van der Waals surface area contributed by atoms with E-state index in [4.69, 9.17) is 4.74 Å². The largest absolute Gasteiger partial charge is 0.376 e. The number of carbonyl (C=O) groups excluding carboxylic acids is 2. The second-order valence-corrected chi connectivity index (χ2v) is 10.1. The zero-order chi connectivity index (χ0) is 22.7. The Labute approximate surface area is 185 Å². The quantitative estimate of drug-likeness (QED) is 0.582. The van der Waals surface area contributed by atoms with Crippen LogP contribution in [0.1, 0.15) is 28.8 Å². The van der Waals surface area contributed by atoms with E-state index in [9.17, 15) is 22.4 Å². The fourth-order valence-corrected chi connectivity index (χ4v) is 5.33. The first-order chi connectivity index (χ1) is 15.3. The van der Waals surface area contributed by atoms with Gasteiger partial charge in [-0.15, -0.1) is 0 Å². The van der Waals surface area contributed by atoms with Crippen molar-refractivity contribution in [3.63, 3.8) is 0 Å². The minimum absolute atomic E-state index is 0.0237. The summed E-state index contributed by atoms with van der Waals surface area (Å²) in [5.41, 5.74) is 1.77. The predicted octanol–water partition coefficient (Wildman–Crippen LogP) is 2.08. The molecule has 0 bridgehead atoms. The van der Waals surface area contributed by atoms with Crippen molar-refractivity contribution < 1.29 is 27.1 Å². The van der Waals surface area contributed by atoms with Gasteiger partial charge >= 0.3 is 0 Å². The molecule has 32 heavy (non-hydrogen) atoms. The lowest BCUT2D eigenvalue weighted by molar-refractivity contribution is -0.116.